The molecule has 20 heavy (non-hydrogen) atoms. The fourth-order valence-electron chi connectivity index (χ4n) is 4.25. The Hall–Kier alpha value is -0.120. The normalized spacial score (nSPS) is 36.3. The van der Waals surface area contributed by atoms with Crippen molar-refractivity contribution in [2.24, 2.45) is 11.8 Å². The zero-order valence-corrected chi connectivity index (χ0v) is 13.4. The van der Waals surface area contributed by atoms with E-state index in [1.165, 1.54) is 51.6 Å². The fraction of sp³-hybridized carbons (Fsp3) is 1.00. The number of rotatable bonds is 3. The lowest BCUT2D eigenvalue weighted by molar-refractivity contribution is 0.0296. The van der Waals surface area contributed by atoms with Crippen LogP contribution in [0.3, 0.4) is 0 Å². The maximum atomic E-state index is 5.57. The van der Waals surface area contributed by atoms with Crippen molar-refractivity contribution in [3.63, 3.8) is 0 Å². The number of hydrogen-bond donors (Lipinski definition) is 1. The Kier molecular flexibility index (Phi) is 4.68. The van der Waals surface area contributed by atoms with Crippen molar-refractivity contribution >= 4 is 0 Å². The summed E-state index contributed by atoms with van der Waals surface area (Å²) in [6, 6.07) is 0.727. The number of nitrogens with one attached hydrogen (secondary N) is 1. The molecule has 0 aromatic heterocycles. The van der Waals surface area contributed by atoms with Gasteiger partial charge in [-0.2, -0.15) is 0 Å². The molecule has 1 aliphatic carbocycles. The van der Waals surface area contributed by atoms with Gasteiger partial charge in [0.15, 0.2) is 0 Å². The second-order valence-corrected chi connectivity index (χ2v) is 7.83. The third-order valence-electron chi connectivity index (χ3n) is 5.79. The van der Waals surface area contributed by atoms with E-state index in [1.54, 1.807) is 0 Å². The second kappa shape index (κ2) is 6.33. The minimum Gasteiger partial charge on any atom is -0.381 e. The van der Waals surface area contributed by atoms with E-state index in [-0.39, 0.29) is 0 Å². The summed E-state index contributed by atoms with van der Waals surface area (Å²) < 4.78 is 5.57. The summed E-state index contributed by atoms with van der Waals surface area (Å²) in [6.07, 6.45) is 8.49. The predicted molar refractivity (Wildman–Crippen MR) is 82.9 cm³/mol. The molecule has 3 fully saturated rings. The van der Waals surface area contributed by atoms with Gasteiger partial charge < -0.3 is 10.1 Å². The van der Waals surface area contributed by atoms with Crippen molar-refractivity contribution in [1.29, 1.82) is 0 Å². The molecule has 3 heteroatoms. The van der Waals surface area contributed by atoms with Gasteiger partial charge in [0.25, 0.3) is 0 Å². The Bertz CT molecular complexity index is 306. The Morgan fingerprint density at radius 1 is 1.15 bits per heavy atom. The minimum absolute atomic E-state index is 0.299. The van der Waals surface area contributed by atoms with Gasteiger partial charge in [0.05, 0.1) is 6.61 Å². The van der Waals surface area contributed by atoms with Gasteiger partial charge in [-0.15, -0.1) is 0 Å². The van der Waals surface area contributed by atoms with Crippen LogP contribution >= 0.6 is 0 Å². The zero-order chi connectivity index (χ0) is 14.0. The molecule has 2 unspecified atom stereocenters. The number of hydrogen-bond acceptors (Lipinski definition) is 3. The number of piperazine rings is 1. The molecule has 1 saturated carbocycles. The van der Waals surface area contributed by atoms with Crippen molar-refractivity contribution in [2.75, 3.05) is 32.8 Å². The molecule has 0 spiro atoms. The van der Waals surface area contributed by atoms with Crippen LogP contribution in [0, 0.1) is 11.8 Å². The molecular weight excluding hydrogens is 248 g/mol. The highest BCUT2D eigenvalue weighted by atomic mass is 16.5. The summed E-state index contributed by atoms with van der Waals surface area (Å²) in [6.45, 7) is 10.4. The average Bonchev–Trinajstić information content (AvgIpc) is 2.95. The number of ether oxygens (including phenoxy) is 1. The summed E-state index contributed by atoms with van der Waals surface area (Å²) in [7, 11) is 0. The van der Waals surface area contributed by atoms with E-state index in [9.17, 15) is 0 Å². The van der Waals surface area contributed by atoms with Gasteiger partial charge in [-0.25, -0.2) is 0 Å². The summed E-state index contributed by atoms with van der Waals surface area (Å²) >= 11 is 0. The van der Waals surface area contributed by atoms with E-state index in [2.05, 4.69) is 24.1 Å². The van der Waals surface area contributed by atoms with Crippen molar-refractivity contribution in [2.45, 2.75) is 64.0 Å². The van der Waals surface area contributed by atoms with Crippen LogP contribution < -0.4 is 5.32 Å². The molecule has 0 bridgehead atoms. The van der Waals surface area contributed by atoms with Crippen molar-refractivity contribution in [3.8, 4) is 0 Å². The quantitative estimate of drug-likeness (QED) is 0.860. The van der Waals surface area contributed by atoms with Crippen LogP contribution in [0.5, 0.6) is 0 Å². The van der Waals surface area contributed by atoms with Gasteiger partial charge >= 0.3 is 0 Å². The Morgan fingerprint density at radius 3 is 2.65 bits per heavy atom. The second-order valence-electron chi connectivity index (χ2n) is 7.83. The molecule has 116 valence electrons. The molecule has 2 aliphatic heterocycles. The summed E-state index contributed by atoms with van der Waals surface area (Å²) in [5.41, 5.74) is 0.299. The van der Waals surface area contributed by atoms with Crippen LogP contribution in [-0.4, -0.2) is 49.3 Å². The molecule has 1 N–H and O–H groups in total. The van der Waals surface area contributed by atoms with Crippen LogP contribution in [0.1, 0.15) is 52.4 Å². The zero-order valence-electron chi connectivity index (χ0n) is 13.4. The minimum atomic E-state index is 0.299. The largest absolute Gasteiger partial charge is 0.381 e. The van der Waals surface area contributed by atoms with E-state index in [1.807, 2.05) is 0 Å². The summed E-state index contributed by atoms with van der Waals surface area (Å²) in [4.78, 5) is 2.75. The Balaban J connectivity index is 1.59. The van der Waals surface area contributed by atoms with Crippen molar-refractivity contribution in [1.82, 2.24) is 10.2 Å². The topological polar surface area (TPSA) is 24.5 Å². The third-order valence-corrected chi connectivity index (χ3v) is 5.79. The Morgan fingerprint density at radius 2 is 1.95 bits per heavy atom. The molecular formula is C17H32N2O. The monoisotopic (exact) mass is 280 g/mol. The summed E-state index contributed by atoms with van der Waals surface area (Å²) in [5, 5.41) is 3.86. The summed E-state index contributed by atoms with van der Waals surface area (Å²) in [5.74, 6) is 1.68. The first-order valence-electron chi connectivity index (χ1n) is 8.71. The van der Waals surface area contributed by atoms with Gasteiger partial charge in [-0.1, -0.05) is 19.3 Å². The van der Waals surface area contributed by atoms with Crippen LogP contribution in [0.4, 0.5) is 0 Å². The Labute approximate surface area is 124 Å². The molecule has 0 aromatic rings. The van der Waals surface area contributed by atoms with Gasteiger partial charge in [-0.3, -0.25) is 4.90 Å². The van der Waals surface area contributed by atoms with E-state index < -0.39 is 0 Å². The SMILES string of the molecule is CC1(C)CNC(C2CCCCC2)CN1CC1CCOC1. The molecule has 0 aromatic carbocycles. The molecule has 2 saturated heterocycles. The molecule has 0 amide bonds. The predicted octanol–water partition coefficient (Wildman–Crippen LogP) is 2.66. The lowest BCUT2D eigenvalue weighted by Gasteiger charge is -2.49. The van der Waals surface area contributed by atoms with Gasteiger partial charge in [0.2, 0.25) is 0 Å². The average molecular weight is 280 g/mol. The lowest BCUT2D eigenvalue weighted by atomic mass is 9.81. The maximum Gasteiger partial charge on any atom is 0.0507 e. The molecule has 2 heterocycles. The standard InChI is InChI=1S/C17H32N2O/c1-17(2)13-18-16(15-6-4-3-5-7-15)11-19(17)10-14-8-9-20-12-14/h14-16,18H,3-13H2,1-2H3. The highest BCUT2D eigenvalue weighted by molar-refractivity contribution is 4.96. The van der Waals surface area contributed by atoms with Crippen LogP contribution in [0.25, 0.3) is 0 Å². The third kappa shape index (κ3) is 3.37. The lowest BCUT2D eigenvalue weighted by Crippen LogP contribution is -2.64. The van der Waals surface area contributed by atoms with Gasteiger partial charge in [0, 0.05) is 37.8 Å². The van der Waals surface area contributed by atoms with Crippen molar-refractivity contribution in [3.05, 3.63) is 0 Å². The smallest absolute Gasteiger partial charge is 0.0507 e. The number of nitrogens with zero attached hydrogens (tertiary/aromatic N) is 1. The highest BCUT2D eigenvalue weighted by Crippen LogP contribution is 2.31. The van der Waals surface area contributed by atoms with Crippen LogP contribution in [-0.2, 0) is 4.74 Å². The maximum absolute atomic E-state index is 5.57. The van der Waals surface area contributed by atoms with Crippen LogP contribution in [0.2, 0.25) is 0 Å². The van der Waals surface area contributed by atoms with E-state index >= 15 is 0 Å². The van der Waals surface area contributed by atoms with Crippen LogP contribution in [0.15, 0.2) is 0 Å². The fourth-order valence-corrected chi connectivity index (χ4v) is 4.25. The van der Waals surface area contributed by atoms with E-state index in [0.29, 0.717) is 5.54 Å². The van der Waals surface area contributed by atoms with E-state index in [4.69, 9.17) is 4.74 Å². The van der Waals surface area contributed by atoms with Crippen molar-refractivity contribution < 1.29 is 4.74 Å². The molecule has 2 atom stereocenters. The molecule has 3 aliphatic rings. The highest BCUT2D eigenvalue weighted by Gasteiger charge is 2.38. The molecule has 3 nitrogen and oxygen atoms in total. The van der Waals surface area contributed by atoms with E-state index in [0.717, 1.165) is 37.6 Å². The first-order valence-corrected chi connectivity index (χ1v) is 8.71. The van der Waals surface area contributed by atoms with Gasteiger partial charge in [0.1, 0.15) is 0 Å². The molecule has 0 radical (unpaired) electrons. The molecule has 3 rings (SSSR count). The van der Waals surface area contributed by atoms with Gasteiger partial charge in [-0.05, 0) is 44.9 Å². The first-order chi connectivity index (χ1) is 9.65. The first kappa shape index (κ1) is 14.8.